The molecule has 0 spiro atoms. The molecule has 1 fully saturated rings. The quantitative estimate of drug-likeness (QED) is 0.847. The van der Waals surface area contributed by atoms with E-state index in [4.69, 9.17) is 0 Å². The van der Waals surface area contributed by atoms with E-state index in [1.807, 2.05) is 12.3 Å². The highest BCUT2D eigenvalue weighted by Gasteiger charge is 2.60. The number of hydrogen-bond donors (Lipinski definition) is 1. The fraction of sp³-hybridized carbons (Fsp3) is 0.571. The first-order valence-electron chi connectivity index (χ1n) is 6.20. The van der Waals surface area contributed by atoms with Crippen molar-refractivity contribution in [3.63, 3.8) is 0 Å². The summed E-state index contributed by atoms with van der Waals surface area (Å²) in [4.78, 5) is 16.5. The molecule has 1 N–H and O–H groups in total. The molecule has 98 valence electrons. The summed E-state index contributed by atoms with van der Waals surface area (Å²) in [6.45, 7) is 10.4. The van der Waals surface area contributed by atoms with Gasteiger partial charge in [-0.25, -0.2) is 4.98 Å². The van der Waals surface area contributed by atoms with E-state index in [0.717, 1.165) is 5.69 Å². The number of carbonyl (C=O) groups is 1. The number of thiazole rings is 1. The lowest BCUT2D eigenvalue weighted by molar-refractivity contribution is -0.118. The van der Waals surface area contributed by atoms with Gasteiger partial charge >= 0.3 is 0 Å². The third kappa shape index (κ3) is 2.48. The molecule has 0 saturated heterocycles. The summed E-state index contributed by atoms with van der Waals surface area (Å²) in [5.41, 5.74) is 2.29. The Bertz CT molecular complexity index is 498. The average molecular weight is 264 g/mol. The fourth-order valence-electron chi connectivity index (χ4n) is 2.44. The molecule has 0 unspecified atom stereocenters. The number of nitrogens with zero attached hydrogens (tertiary/aromatic N) is 1. The Morgan fingerprint density at radius 1 is 1.50 bits per heavy atom. The van der Waals surface area contributed by atoms with Crippen molar-refractivity contribution in [1.29, 1.82) is 0 Å². The second-order valence-electron chi connectivity index (χ2n) is 5.85. The number of amides is 1. The molecule has 0 bridgehead atoms. The van der Waals surface area contributed by atoms with Gasteiger partial charge in [-0.2, -0.15) is 0 Å². The van der Waals surface area contributed by atoms with Crippen molar-refractivity contribution in [2.75, 3.05) is 5.32 Å². The highest BCUT2D eigenvalue weighted by Crippen LogP contribution is 2.59. The Morgan fingerprint density at radius 3 is 2.67 bits per heavy atom. The van der Waals surface area contributed by atoms with Crippen LogP contribution in [0.3, 0.4) is 0 Å². The van der Waals surface area contributed by atoms with Crippen molar-refractivity contribution in [2.24, 2.45) is 17.3 Å². The predicted molar refractivity (Wildman–Crippen MR) is 75.7 cm³/mol. The van der Waals surface area contributed by atoms with Gasteiger partial charge in [0.15, 0.2) is 5.13 Å². The molecule has 4 heteroatoms. The van der Waals surface area contributed by atoms with E-state index in [-0.39, 0.29) is 17.2 Å². The lowest BCUT2D eigenvalue weighted by Crippen LogP contribution is -2.16. The van der Waals surface area contributed by atoms with Gasteiger partial charge < -0.3 is 5.32 Å². The number of aryl methyl sites for hydroxylation is 1. The molecule has 3 nitrogen and oxygen atoms in total. The number of aromatic nitrogens is 1. The molecule has 18 heavy (non-hydrogen) atoms. The topological polar surface area (TPSA) is 42.0 Å². The second kappa shape index (κ2) is 4.50. The van der Waals surface area contributed by atoms with Crippen LogP contribution in [0.15, 0.2) is 17.0 Å². The number of rotatable bonds is 3. The zero-order valence-electron chi connectivity index (χ0n) is 11.6. The molecule has 0 aromatic carbocycles. The van der Waals surface area contributed by atoms with Crippen LogP contribution < -0.4 is 5.32 Å². The number of carbonyl (C=O) groups excluding carboxylic acids is 1. The van der Waals surface area contributed by atoms with E-state index in [9.17, 15) is 4.79 Å². The van der Waals surface area contributed by atoms with Gasteiger partial charge in [0.05, 0.1) is 11.6 Å². The summed E-state index contributed by atoms with van der Waals surface area (Å²) in [5.74, 6) is 0.511. The summed E-state index contributed by atoms with van der Waals surface area (Å²) in [6, 6.07) is 0. The second-order valence-corrected chi connectivity index (χ2v) is 6.71. The maximum atomic E-state index is 12.2. The van der Waals surface area contributed by atoms with Crippen molar-refractivity contribution < 1.29 is 4.79 Å². The van der Waals surface area contributed by atoms with Gasteiger partial charge in [0.1, 0.15) is 0 Å². The van der Waals surface area contributed by atoms with E-state index < -0.39 is 0 Å². The molecule has 1 aliphatic carbocycles. The molecule has 1 amide bonds. The van der Waals surface area contributed by atoms with Crippen molar-refractivity contribution in [3.8, 4) is 0 Å². The van der Waals surface area contributed by atoms with Gasteiger partial charge in [0.2, 0.25) is 5.91 Å². The zero-order chi connectivity index (χ0) is 13.5. The molecular weight excluding hydrogens is 244 g/mol. The van der Waals surface area contributed by atoms with E-state index >= 15 is 0 Å². The molecule has 2 rings (SSSR count). The zero-order valence-corrected chi connectivity index (χ0v) is 12.4. The smallest absolute Gasteiger partial charge is 0.230 e. The number of hydrogen-bond acceptors (Lipinski definition) is 3. The molecule has 1 aromatic heterocycles. The summed E-state index contributed by atoms with van der Waals surface area (Å²) >= 11 is 1.48. The largest absolute Gasteiger partial charge is 0.302 e. The highest BCUT2D eigenvalue weighted by atomic mass is 32.1. The maximum absolute atomic E-state index is 12.2. The predicted octanol–water partition coefficient (Wildman–Crippen LogP) is 3.63. The minimum absolute atomic E-state index is 0.0632. The number of anilines is 1. The van der Waals surface area contributed by atoms with Crippen molar-refractivity contribution in [3.05, 3.63) is 22.7 Å². The Labute approximate surface area is 112 Å². The first-order valence-corrected chi connectivity index (χ1v) is 7.08. The summed E-state index contributed by atoms with van der Waals surface area (Å²) in [6.07, 6.45) is 2.21. The van der Waals surface area contributed by atoms with Crippen LogP contribution in [0.5, 0.6) is 0 Å². The van der Waals surface area contributed by atoms with Gasteiger partial charge in [-0.15, -0.1) is 11.3 Å². The molecule has 1 aliphatic rings. The first-order chi connectivity index (χ1) is 8.32. The van der Waals surface area contributed by atoms with Gasteiger partial charge in [0.25, 0.3) is 0 Å². The maximum Gasteiger partial charge on any atom is 0.230 e. The minimum atomic E-state index is 0.0632. The standard InChI is InChI=1S/C14H20N2OS/c1-8(2)6-10-11(14(10,4)5)12(17)16-13-15-9(3)7-18-13/h6-7,10-11H,1-5H3,(H,15,16,17)/t10-,11+/m1/s1. The first kappa shape index (κ1) is 13.3. The van der Waals surface area contributed by atoms with Crippen LogP contribution in [0.4, 0.5) is 5.13 Å². The number of allylic oxidation sites excluding steroid dienone is 2. The van der Waals surface area contributed by atoms with Gasteiger partial charge in [-0.05, 0) is 32.1 Å². The normalized spacial score (nSPS) is 24.5. The van der Waals surface area contributed by atoms with Gasteiger partial charge in [0, 0.05) is 5.38 Å². The SMILES string of the molecule is CC(C)=C[C@@H]1[C@@H](C(=O)Nc2nc(C)cs2)C1(C)C. The molecule has 0 aliphatic heterocycles. The lowest BCUT2D eigenvalue weighted by atomic mass is 10.1. The van der Waals surface area contributed by atoms with Crippen molar-refractivity contribution >= 4 is 22.4 Å². The minimum Gasteiger partial charge on any atom is -0.302 e. The Balaban J connectivity index is 2.05. The summed E-state index contributed by atoms with van der Waals surface area (Å²) in [5, 5.41) is 5.57. The molecule has 1 aromatic rings. The molecule has 2 atom stereocenters. The van der Waals surface area contributed by atoms with Crippen molar-refractivity contribution in [1.82, 2.24) is 4.98 Å². The van der Waals surface area contributed by atoms with Gasteiger partial charge in [-0.3, -0.25) is 4.79 Å². The highest BCUT2D eigenvalue weighted by molar-refractivity contribution is 7.13. The average Bonchev–Trinajstić information content (AvgIpc) is 2.56. The Hall–Kier alpha value is -1.16. The molecule has 0 radical (unpaired) electrons. The molecule has 1 heterocycles. The third-order valence-corrected chi connectivity index (χ3v) is 4.43. The fourth-order valence-corrected chi connectivity index (χ4v) is 3.13. The van der Waals surface area contributed by atoms with Crippen LogP contribution in [0, 0.1) is 24.2 Å². The van der Waals surface area contributed by atoms with E-state index in [0.29, 0.717) is 11.0 Å². The summed E-state index contributed by atoms with van der Waals surface area (Å²) in [7, 11) is 0. The third-order valence-electron chi connectivity index (χ3n) is 3.56. The molecule has 1 saturated carbocycles. The monoisotopic (exact) mass is 264 g/mol. The lowest BCUT2D eigenvalue weighted by Gasteiger charge is -2.02. The van der Waals surface area contributed by atoms with Crippen LogP contribution in [-0.4, -0.2) is 10.9 Å². The van der Waals surface area contributed by atoms with Crippen LogP contribution in [0.2, 0.25) is 0 Å². The Kier molecular flexibility index (Phi) is 3.32. The summed E-state index contributed by atoms with van der Waals surface area (Å²) < 4.78 is 0. The van der Waals surface area contributed by atoms with Crippen LogP contribution >= 0.6 is 11.3 Å². The van der Waals surface area contributed by atoms with E-state index in [1.54, 1.807) is 0 Å². The van der Waals surface area contributed by atoms with Gasteiger partial charge in [-0.1, -0.05) is 25.5 Å². The number of nitrogens with one attached hydrogen (secondary N) is 1. The van der Waals surface area contributed by atoms with E-state index in [2.05, 4.69) is 44.1 Å². The molecular formula is C14H20N2OS. The Morgan fingerprint density at radius 2 is 2.17 bits per heavy atom. The van der Waals surface area contributed by atoms with Crippen LogP contribution in [0.1, 0.15) is 33.4 Å². The van der Waals surface area contributed by atoms with E-state index in [1.165, 1.54) is 16.9 Å². The van der Waals surface area contributed by atoms with Crippen molar-refractivity contribution in [2.45, 2.75) is 34.6 Å². The van der Waals surface area contributed by atoms with Crippen LogP contribution in [0.25, 0.3) is 0 Å². The van der Waals surface area contributed by atoms with Crippen LogP contribution in [-0.2, 0) is 4.79 Å².